The number of carbonyl (C=O) groups excluding carboxylic acids is 2. The largest absolute Gasteiger partial charge is 0.480 e. The van der Waals surface area contributed by atoms with Gasteiger partial charge in [-0.15, -0.1) is 0 Å². The monoisotopic (exact) mass is 274 g/mol. The Morgan fingerprint density at radius 3 is 2.26 bits per heavy atom. The zero-order chi connectivity index (χ0) is 15.0. The number of amides is 2. The average Bonchev–Trinajstić information content (AvgIpc) is 2.35. The second-order valence-electron chi connectivity index (χ2n) is 4.13. The Morgan fingerprint density at radius 2 is 1.84 bits per heavy atom. The third kappa shape index (κ3) is 5.58. The Balaban J connectivity index is 4.73. The summed E-state index contributed by atoms with van der Waals surface area (Å²) in [5.41, 5.74) is 0. The number of likely N-dealkylation sites (N-methyl/N-ethyl adjacent to an activating group) is 1. The van der Waals surface area contributed by atoms with E-state index in [1.807, 2.05) is 6.92 Å². The van der Waals surface area contributed by atoms with Gasteiger partial charge >= 0.3 is 18.0 Å². The first-order chi connectivity index (χ1) is 8.84. The van der Waals surface area contributed by atoms with Crippen LogP contribution in [0.15, 0.2) is 0 Å². The summed E-state index contributed by atoms with van der Waals surface area (Å²) >= 11 is 0. The molecule has 0 aliphatic carbocycles. The summed E-state index contributed by atoms with van der Waals surface area (Å²) in [6, 6.07) is -1.45. The van der Waals surface area contributed by atoms with Crippen LogP contribution < -0.4 is 0 Å². The lowest BCUT2D eigenvalue weighted by molar-refractivity contribution is -0.143. The fourth-order valence-electron chi connectivity index (χ4n) is 1.43. The summed E-state index contributed by atoms with van der Waals surface area (Å²) in [4.78, 5) is 36.7. The first-order valence-electron chi connectivity index (χ1n) is 6.25. The molecule has 0 aromatic heterocycles. The minimum atomic E-state index is -1.09. The summed E-state index contributed by atoms with van der Waals surface area (Å²) in [5, 5.41) is 8.88. The molecule has 0 aliphatic rings. The molecule has 0 bridgehead atoms. The van der Waals surface area contributed by atoms with Crippen molar-refractivity contribution in [1.29, 1.82) is 0 Å². The highest BCUT2D eigenvalue weighted by atomic mass is 16.5. The molecule has 0 saturated carbocycles. The Morgan fingerprint density at radius 1 is 1.26 bits per heavy atom. The van der Waals surface area contributed by atoms with Crippen molar-refractivity contribution in [3.63, 3.8) is 0 Å². The predicted molar refractivity (Wildman–Crippen MR) is 68.8 cm³/mol. The van der Waals surface area contributed by atoms with Crippen molar-refractivity contribution in [3.8, 4) is 0 Å². The molecule has 7 nitrogen and oxygen atoms in total. The standard InChI is InChI=1S/C12H22N2O5/c1-5-7-14(8-10(15)19-6-2)12(18)13(4)9(3)11(16)17/h9H,5-8H2,1-4H3,(H,16,17). The van der Waals surface area contributed by atoms with E-state index in [1.54, 1.807) is 6.92 Å². The van der Waals surface area contributed by atoms with Gasteiger partial charge < -0.3 is 19.6 Å². The number of carboxylic acids is 1. The van der Waals surface area contributed by atoms with E-state index in [4.69, 9.17) is 9.84 Å². The van der Waals surface area contributed by atoms with E-state index in [2.05, 4.69) is 0 Å². The summed E-state index contributed by atoms with van der Waals surface area (Å²) in [5.74, 6) is -1.59. The molecule has 0 radical (unpaired) electrons. The van der Waals surface area contributed by atoms with Crippen molar-refractivity contribution < 1.29 is 24.2 Å². The topological polar surface area (TPSA) is 87.2 Å². The van der Waals surface area contributed by atoms with Crippen LogP contribution in [0.4, 0.5) is 4.79 Å². The number of hydrogen-bond donors (Lipinski definition) is 1. The molecule has 1 N–H and O–H groups in total. The summed E-state index contributed by atoms with van der Waals surface area (Å²) < 4.78 is 4.79. The Hall–Kier alpha value is -1.79. The number of carbonyl (C=O) groups is 3. The smallest absolute Gasteiger partial charge is 0.326 e. The van der Waals surface area contributed by atoms with Crippen LogP contribution in [0.1, 0.15) is 27.2 Å². The molecule has 7 heteroatoms. The number of hydrogen-bond acceptors (Lipinski definition) is 4. The van der Waals surface area contributed by atoms with Crippen molar-refractivity contribution in [2.24, 2.45) is 0 Å². The molecule has 1 atom stereocenters. The van der Waals surface area contributed by atoms with Crippen molar-refractivity contribution in [3.05, 3.63) is 0 Å². The zero-order valence-electron chi connectivity index (χ0n) is 11.9. The quantitative estimate of drug-likeness (QED) is 0.693. The number of carboxylic acid groups (broad SMARTS) is 1. The lowest BCUT2D eigenvalue weighted by Crippen LogP contribution is -2.49. The molecule has 0 heterocycles. The van der Waals surface area contributed by atoms with Gasteiger partial charge in [0.15, 0.2) is 0 Å². The lowest BCUT2D eigenvalue weighted by Gasteiger charge is -2.29. The van der Waals surface area contributed by atoms with Crippen molar-refractivity contribution in [2.45, 2.75) is 33.2 Å². The fraction of sp³-hybridized carbons (Fsp3) is 0.750. The number of rotatable bonds is 7. The van der Waals surface area contributed by atoms with Crippen LogP contribution >= 0.6 is 0 Å². The molecule has 110 valence electrons. The summed E-state index contributed by atoms with van der Waals surface area (Å²) in [7, 11) is 1.40. The van der Waals surface area contributed by atoms with E-state index in [9.17, 15) is 14.4 Å². The number of ether oxygens (including phenoxy) is 1. The van der Waals surface area contributed by atoms with Crippen LogP contribution in [0.25, 0.3) is 0 Å². The van der Waals surface area contributed by atoms with Crippen LogP contribution in [0.3, 0.4) is 0 Å². The Labute approximate surface area is 113 Å². The normalized spacial score (nSPS) is 11.6. The highest BCUT2D eigenvalue weighted by Gasteiger charge is 2.27. The Bertz CT molecular complexity index is 332. The molecule has 2 amide bonds. The molecule has 1 unspecified atom stereocenters. The maximum Gasteiger partial charge on any atom is 0.326 e. The number of urea groups is 1. The highest BCUT2D eigenvalue weighted by molar-refractivity contribution is 5.84. The maximum absolute atomic E-state index is 12.1. The molecular weight excluding hydrogens is 252 g/mol. The number of nitrogens with zero attached hydrogens (tertiary/aromatic N) is 2. The van der Waals surface area contributed by atoms with E-state index >= 15 is 0 Å². The Kier molecular flexibility index (Phi) is 7.55. The van der Waals surface area contributed by atoms with E-state index in [0.717, 1.165) is 4.90 Å². The number of esters is 1. The van der Waals surface area contributed by atoms with Gasteiger partial charge in [-0.25, -0.2) is 9.59 Å². The molecule has 0 spiro atoms. The predicted octanol–water partition coefficient (Wildman–Crippen LogP) is 0.786. The third-order valence-electron chi connectivity index (χ3n) is 2.63. The summed E-state index contributed by atoms with van der Waals surface area (Å²) in [6.07, 6.45) is 0.667. The van der Waals surface area contributed by atoms with Gasteiger partial charge in [-0.1, -0.05) is 6.92 Å². The van der Waals surface area contributed by atoms with Gasteiger partial charge in [0.1, 0.15) is 12.6 Å². The van der Waals surface area contributed by atoms with Gasteiger partial charge in [0.25, 0.3) is 0 Å². The molecule has 0 aliphatic heterocycles. The maximum atomic E-state index is 12.1. The second-order valence-corrected chi connectivity index (χ2v) is 4.13. The van der Waals surface area contributed by atoms with Crippen molar-refractivity contribution >= 4 is 18.0 Å². The van der Waals surface area contributed by atoms with Crippen molar-refractivity contribution in [2.75, 3.05) is 26.7 Å². The molecule has 0 saturated heterocycles. The van der Waals surface area contributed by atoms with Crippen LogP contribution in [0.2, 0.25) is 0 Å². The second kappa shape index (κ2) is 8.34. The zero-order valence-corrected chi connectivity index (χ0v) is 11.9. The van der Waals surface area contributed by atoms with E-state index < -0.39 is 24.0 Å². The van der Waals surface area contributed by atoms with Crippen LogP contribution in [0, 0.1) is 0 Å². The molecule has 0 aromatic rings. The molecule has 0 fully saturated rings. The van der Waals surface area contributed by atoms with Crippen molar-refractivity contribution in [1.82, 2.24) is 9.80 Å². The van der Waals surface area contributed by atoms with Gasteiger partial charge in [0.2, 0.25) is 0 Å². The molecule has 0 rings (SSSR count). The lowest BCUT2D eigenvalue weighted by atomic mass is 10.3. The molecule has 19 heavy (non-hydrogen) atoms. The first-order valence-corrected chi connectivity index (χ1v) is 6.25. The third-order valence-corrected chi connectivity index (χ3v) is 2.63. The highest BCUT2D eigenvalue weighted by Crippen LogP contribution is 2.04. The molecule has 0 aromatic carbocycles. The van der Waals surface area contributed by atoms with Gasteiger partial charge in [0.05, 0.1) is 6.61 Å². The first kappa shape index (κ1) is 17.2. The SMILES string of the molecule is CCCN(CC(=O)OCC)C(=O)N(C)C(C)C(=O)O. The summed E-state index contributed by atoms with van der Waals surface area (Å²) in [6.45, 7) is 5.41. The van der Waals surface area contributed by atoms with Gasteiger partial charge in [-0.2, -0.15) is 0 Å². The van der Waals surface area contributed by atoms with Crippen LogP contribution in [-0.2, 0) is 14.3 Å². The fourth-order valence-corrected chi connectivity index (χ4v) is 1.43. The van der Waals surface area contributed by atoms with Crippen LogP contribution in [-0.4, -0.2) is 65.7 Å². The van der Waals surface area contributed by atoms with E-state index in [1.165, 1.54) is 18.9 Å². The minimum absolute atomic E-state index is 0.169. The average molecular weight is 274 g/mol. The molecular formula is C12H22N2O5. The van der Waals surface area contributed by atoms with Gasteiger partial charge in [0, 0.05) is 13.6 Å². The van der Waals surface area contributed by atoms with E-state index in [0.29, 0.717) is 13.0 Å². The minimum Gasteiger partial charge on any atom is -0.480 e. The van der Waals surface area contributed by atoms with Gasteiger partial charge in [-0.3, -0.25) is 4.79 Å². The number of aliphatic carboxylic acids is 1. The van der Waals surface area contributed by atoms with Gasteiger partial charge in [-0.05, 0) is 20.3 Å². The van der Waals surface area contributed by atoms with E-state index in [-0.39, 0.29) is 13.2 Å². The van der Waals surface area contributed by atoms with Crippen LogP contribution in [0.5, 0.6) is 0 Å².